The number of nitrogens with one attached hydrogen (secondary N) is 1. The second-order valence-electron chi connectivity index (χ2n) is 8.98. The molecule has 6 heteroatoms. The Hall–Kier alpha value is -1.95. The molecule has 1 N–H and O–H groups in total. The van der Waals surface area contributed by atoms with E-state index in [9.17, 15) is 9.59 Å². The van der Waals surface area contributed by atoms with E-state index < -0.39 is 5.91 Å². The molecular weight excluding hydrogens is 340 g/mol. The lowest BCUT2D eigenvalue weighted by molar-refractivity contribution is -0.118. The van der Waals surface area contributed by atoms with Crippen molar-refractivity contribution in [2.24, 2.45) is 11.3 Å². The smallest absolute Gasteiger partial charge is 0.276 e. The molecule has 2 saturated heterocycles. The van der Waals surface area contributed by atoms with E-state index in [2.05, 4.69) is 40.9 Å². The van der Waals surface area contributed by atoms with Crippen molar-refractivity contribution in [3.63, 3.8) is 0 Å². The highest BCUT2D eigenvalue weighted by molar-refractivity contribution is 6.02. The number of anilines is 1. The molecule has 0 radical (unpaired) electrons. The van der Waals surface area contributed by atoms with Gasteiger partial charge in [0, 0.05) is 32.6 Å². The Morgan fingerprint density at radius 3 is 2.33 bits per heavy atom. The number of pyridine rings is 1. The zero-order valence-electron chi connectivity index (χ0n) is 17.0. The summed E-state index contributed by atoms with van der Waals surface area (Å²) in [6.45, 7) is 12.9. The topological polar surface area (TPSA) is 65.5 Å². The lowest BCUT2D eigenvalue weighted by Gasteiger charge is -2.38. The molecule has 0 spiro atoms. The van der Waals surface area contributed by atoms with Crippen LogP contribution in [0.1, 0.15) is 57.4 Å². The molecule has 1 aromatic heterocycles. The number of rotatable bonds is 3. The Morgan fingerprint density at radius 2 is 1.81 bits per heavy atom. The fraction of sp³-hybridized carbons (Fsp3) is 0.667. The molecule has 2 amide bonds. The second-order valence-corrected chi connectivity index (χ2v) is 8.98. The van der Waals surface area contributed by atoms with Crippen LogP contribution in [-0.4, -0.2) is 53.9 Å². The van der Waals surface area contributed by atoms with E-state index in [4.69, 9.17) is 0 Å². The Bertz CT molecular complexity index is 672. The third kappa shape index (κ3) is 4.86. The van der Waals surface area contributed by atoms with Crippen molar-refractivity contribution in [1.82, 2.24) is 15.2 Å². The van der Waals surface area contributed by atoms with Crippen molar-refractivity contribution in [3.05, 3.63) is 24.0 Å². The van der Waals surface area contributed by atoms with Crippen LogP contribution in [0.5, 0.6) is 0 Å². The molecule has 2 aliphatic heterocycles. The van der Waals surface area contributed by atoms with Crippen molar-refractivity contribution in [2.75, 3.05) is 31.1 Å². The number of carbonyl (C=O) groups excluding carboxylic acids is 2. The van der Waals surface area contributed by atoms with E-state index in [1.54, 1.807) is 12.3 Å². The van der Waals surface area contributed by atoms with Crippen molar-refractivity contribution in [3.8, 4) is 0 Å². The van der Waals surface area contributed by atoms with Crippen molar-refractivity contribution in [1.29, 1.82) is 0 Å². The zero-order valence-corrected chi connectivity index (χ0v) is 17.0. The summed E-state index contributed by atoms with van der Waals surface area (Å²) in [4.78, 5) is 32.1. The van der Waals surface area contributed by atoms with Crippen LogP contribution in [0, 0.1) is 11.3 Å². The number of imide groups is 1. The maximum Gasteiger partial charge on any atom is 0.276 e. The normalized spacial score (nSPS) is 22.1. The minimum absolute atomic E-state index is 0.272. The van der Waals surface area contributed by atoms with Crippen LogP contribution in [0.15, 0.2) is 18.3 Å². The van der Waals surface area contributed by atoms with Crippen LogP contribution in [0.3, 0.4) is 0 Å². The Kier molecular flexibility index (Phi) is 5.84. The SMILES string of the molecule is CC(=O)NC(=O)c1ccc(N2CCC(N3CCC(C(C)(C)C)C3)CC2)cn1. The zero-order chi connectivity index (χ0) is 19.6. The van der Waals surface area contributed by atoms with Gasteiger partial charge in [0.1, 0.15) is 5.69 Å². The van der Waals surface area contributed by atoms with Crippen molar-refractivity contribution in [2.45, 2.75) is 53.0 Å². The summed E-state index contributed by atoms with van der Waals surface area (Å²) >= 11 is 0. The first-order valence-corrected chi connectivity index (χ1v) is 10.0. The van der Waals surface area contributed by atoms with Crippen molar-refractivity contribution >= 4 is 17.5 Å². The lowest BCUT2D eigenvalue weighted by Crippen LogP contribution is -2.44. The Morgan fingerprint density at radius 1 is 1.11 bits per heavy atom. The highest BCUT2D eigenvalue weighted by Crippen LogP contribution is 2.35. The number of hydrogen-bond acceptors (Lipinski definition) is 5. The van der Waals surface area contributed by atoms with Gasteiger partial charge in [-0.2, -0.15) is 0 Å². The number of piperidine rings is 1. The first-order valence-electron chi connectivity index (χ1n) is 10.0. The summed E-state index contributed by atoms with van der Waals surface area (Å²) < 4.78 is 0. The summed E-state index contributed by atoms with van der Waals surface area (Å²) in [6.07, 6.45) is 5.39. The Balaban J connectivity index is 1.52. The van der Waals surface area contributed by atoms with E-state index in [0.717, 1.165) is 24.7 Å². The number of hydrogen-bond donors (Lipinski definition) is 1. The number of aromatic nitrogens is 1. The van der Waals surface area contributed by atoms with Gasteiger partial charge in [-0.05, 0) is 49.3 Å². The molecule has 3 rings (SSSR count). The lowest BCUT2D eigenvalue weighted by atomic mass is 9.80. The molecule has 1 atom stereocenters. The summed E-state index contributed by atoms with van der Waals surface area (Å²) in [5.41, 5.74) is 1.72. The van der Waals surface area contributed by atoms with Gasteiger partial charge in [0.15, 0.2) is 0 Å². The second kappa shape index (κ2) is 7.97. The maximum absolute atomic E-state index is 11.8. The molecule has 0 aromatic carbocycles. The molecule has 2 fully saturated rings. The van der Waals surface area contributed by atoms with E-state index in [-0.39, 0.29) is 11.6 Å². The maximum atomic E-state index is 11.8. The predicted octanol–water partition coefficient (Wildman–Crippen LogP) is 2.69. The molecule has 0 saturated carbocycles. The highest BCUT2D eigenvalue weighted by Gasteiger charge is 2.35. The van der Waals surface area contributed by atoms with Gasteiger partial charge in [-0.3, -0.25) is 19.8 Å². The highest BCUT2D eigenvalue weighted by atomic mass is 16.2. The molecule has 148 valence electrons. The molecule has 0 aliphatic carbocycles. The van der Waals surface area contributed by atoms with Gasteiger partial charge < -0.3 is 4.90 Å². The van der Waals surface area contributed by atoms with E-state index >= 15 is 0 Å². The van der Waals surface area contributed by atoms with E-state index in [0.29, 0.717) is 11.5 Å². The van der Waals surface area contributed by atoms with E-state index in [1.165, 1.54) is 39.3 Å². The number of likely N-dealkylation sites (tertiary alicyclic amines) is 1. The minimum atomic E-state index is -0.449. The summed E-state index contributed by atoms with van der Waals surface area (Å²) in [7, 11) is 0. The van der Waals surface area contributed by atoms with Gasteiger partial charge in [0.2, 0.25) is 5.91 Å². The first kappa shape index (κ1) is 19.8. The molecule has 1 aromatic rings. The molecular formula is C21H32N4O2. The number of amides is 2. The van der Waals surface area contributed by atoms with Gasteiger partial charge in [0.25, 0.3) is 5.91 Å². The van der Waals surface area contributed by atoms with Crippen LogP contribution in [0.25, 0.3) is 0 Å². The fourth-order valence-electron chi connectivity index (χ4n) is 4.25. The van der Waals surface area contributed by atoms with Gasteiger partial charge in [-0.15, -0.1) is 0 Å². The fourth-order valence-corrected chi connectivity index (χ4v) is 4.25. The Labute approximate surface area is 162 Å². The van der Waals surface area contributed by atoms with Crippen LogP contribution in [0.4, 0.5) is 5.69 Å². The standard InChI is InChI=1S/C21H32N4O2/c1-15(26)23-20(27)19-6-5-18(13-22-19)24-11-8-17(9-12-24)25-10-7-16(14-25)21(2,3)4/h5-6,13,16-17H,7-12,14H2,1-4H3,(H,23,26,27). The van der Waals surface area contributed by atoms with E-state index in [1.807, 2.05) is 6.07 Å². The third-order valence-electron chi connectivity index (χ3n) is 6.06. The predicted molar refractivity (Wildman–Crippen MR) is 107 cm³/mol. The number of nitrogens with zero attached hydrogens (tertiary/aromatic N) is 3. The minimum Gasteiger partial charge on any atom is -0.370 e. The quantitative estimate of drug-likeness (QED) is 0.884. The molecule has 27 heavy (non-hydrogen) atoms. The monoisotopic (exact) mass is 372 g/mol. The summed E-state index contributed by atoms with van der Waals surface area (Å²) in [6, 6.07) is 4.30. The average molecular weight is 373 g/mol. The summed E-state index contributed by atoms with van der Waals surface area (Å²) in [5.74, 6) is -0.0211. The molecule has 3 heterocycles. The third-order valence-corrected chi connectivity index (χ3v) is 6.06. The number of carbonyl (C=O) groups is 2. The largest absolute Gasteiger partial charge is 0.370 e. The van der Waals surface area contributed by atoms with Crippen LogP contribution in [-0.2, 0) is 4.79 Å². The molecule has 1 unspecified atom stereocenters. The van der Waals surface area contributed by atoms with Crippen LogP contribution in [0.2, 0.25) is 0 Å². The summed E-state index contributed by atoms with van der Waals surface area (Å²) in [5, 5.41) is 2.25. The molecule has 0 bridgehead atoms. The van der Waals surface area contributed by atoms with Crippen molar-refractivity contribution < 1.29 is 9.59 Å². The first-order chi connectivity index (χ1) is 12.7. The average Bonchev–Trinajstić information content (AvgIpc) is 3.12. The van der Waals surface area contributed by atoms with Gasteiger partial charge in [-0.1, -0.05) is 20.8 Å². The van der Waals surface area contributed by atoms with Gasteiger partial charge in [0.05, 0.1) is 11.9 Å². The molecule has 2 aliphatic rings. The van der Waals surface area contributed by atoms with Crippen LogP contribution < -0.4 is 10.2 Å². The van der Waals surface area contributed by atoms with Crippen LogP contribution >= 0.6 is 0 Å². The van der Waals surface area contributed by atoms with Gasteiger partial charge in [-0.25, -0.2) is 4.98 Å². The molecule has 6 nitrogen and oxygen atoms in total. The van der Waals surface area contributed by atoms with Gasteiger partial charge >= 0.3 is 0 Å².